The molecule has 0 saturated heterocycles. The van der Waals surface area contributed by atoms with Crippen molar-refractivity contribution in [3.63, 3.8) is 0 Å². The average Bonchev–Trinajstić information content (AvgIpc) is 2.54. The van der Waals surface area contributed by atoms with Gasteiger partial charge in [-0.25, -0.2) is 0 Å². The third-order valence-corrected chi connectivity index (χ3v) is 3.36. The summed E-state index contributed by atoms with van der Waals surface area (Å²) in [6, 6.07) is 10.2. The van der Waals surface area contributed by atoms with E-state index in [0.29, 0.717) is 11.1 Å². The van der Waals surface area contributed by atoms with Crippen molar-refractivity contribution in [2.24, 2.45) is 0 Å². The summed E-state index contributed by atoms with van der Waals surface area (Å²) in [7, 11) is 1.52. The molecule has 2 N–H and O–H groups in total. The molecule has 0 spiro atoms. The second-order valence-corrected chi connectivity index (χ2v) is 4.80. The highest BCUT2D eigenvalue weighted by Crippen LogP contribution is 2.17. The van der Waals surface area contributed by atoms with Gasteiger partial charge in [-0.05, 0) is 29.8 Å². The van der Waals surface area contributed by atoms with Crippen LogP contribution in [-0.4, -0.2) is 23.8 Å². The lowest BCUT2D eigenvalue weighted by atomic mass is 10.1. The summed E-state index contributed by atoms with van der Waals surface area (Å²) in [5.74, 6) is -0.661. The van der Waals surface area contributed by atoms with Gasteiger partial charge < -0.3 is 10.6 Å². The van der Waals surface area contributed by atoms with Gasteiger partial charge in [-0.3, -0.25) is 14.6 Å². The summed E-state index contributed by atoms with van der Waals surface area (Å²) in [5, 5.41) is 4.79. The molecular formula is C15H15N3O2S. The van der Waals surface area contributed by atoms with Crippen LogP contribution in [0.1, 0.15) is 31.7 Å². The number of pyridine rings is 1. The van der Waals surface area contributed by atoms with Crippen LogP contribution < -0.4 is 10.6 Å². The molecule has 0 fully saturated rings. The minimum Gasteiger partial charge on any atom is -0.355 e. The number of hydrogen-bond acceptors (Lipinski definition) is 4. The highest BCUT2D eigenvalue weighted by atomic mass is 32.1. The average molecular weight is 301 g/mol. The van der Waals surface area contributed by atoms with Gasteiger partial charge in [-0.2, -0.15) is 0 Å². The molecule has 5 nitrogen and oxygen atoms in total. The number of benzene rings is 1. The number of carbonyl (C=O) groups excluding carboxylic acids is 2. The molecule has 1 aromatic carbocycles. The van der Waals surface area contributed by atoms with E-state index in [2.05, 4.69) is 28.2 Å². The van der Waals surface area contributed by atoms with E-state index in [1.54, 1.807) is 48.8 Å². The third-order valence-electron chi connectivity index (χ3n) is 2.93. The summed E-state index contributed by atoms with van der Waals surface area (Å²) in [6.45, 7) is 0. The highest BCUT2D eigenvalue weighted by Gasteiger charge is 2.18. The molecular weight excluding hydrogens is 286 g/mol. The molecule has 0 radical (unpaired) electrons. The largest absolute Gasteiger partial charge is 0.355 e. The van der Waals surface area contributed by atoms with Crippen LogP contribution in [0.15, 0.2) is 48.8 Å². The molecule has 21 heavy (non-hydrogen) atoms. The molecule has 2 amide bonds. The number of thiol groups is 1. The van der Waals surface area contributed by atoms with Crippen molar-refractivity contribution in [2.45, 2.75) is 5.37 Å². The molecule has 6 heteroatoms. The van der Waals surface area contributed by atoms with E-state index in [1.807, 2.05) is 0 Å². The standard InChI is InChI=1S/C15H15N3O2S/c1-16-13(19)11-4-2-3-5-12(11)14(20)18-15(21)10-6-8-17-9-7-10/h2-9,15,21H,1H3,(H,16,19)(H,18,20). The third kappa shape index (κ3) is 3.61. The van der Waals surface area contributed by atoms with Gasteiger partial charge in [-0.1, -0.05) is 12.1 Å². The molecule has 2 rings (SSSR count). The topological polar surface area (TPSA) is 71.1 Å². The van der Waals surface area contributed by atoms with Crippen molar-refractivity contribution < 1.29 is 9.59 Å². The van der Waals surface area contributed by atoms with E-state index in [0.717, 1.165) is 5.56 Å². The number of rotatable bonds is 4. The minimum atomic E-state index is -0.474. The Morgan fingerprint density at radius 3 is 2.19 bits per heavy atom. The van der Waals surface area contributed by atoms with Crippen molar-refractivity contribution in [3.8, 4) is 0 Å². The Morgan fingerprint density at radius 2 is 1.62 bits per heavy atom. The maximum Gasteiger partial charge on any atom is 0.253 e. The van der Waals surface area contributed by atoms with Gasteiger partial charge in [0.2, 0.25) is 0 Å². The predicted octanol–water partition coefficient (Wildman–Crippen LogP) is 1.80. The summed E-state index contributed by atoms with van der Waals surface area (Å²) in [6.07, 6.45) is 3.26. The van der Waals surface area contributed by atoms with Crippen molar-refractivity contribution in [3.05, 3.63) is 65.5 Å². The molecule has 0 bridgehead atoms. The quantitative estimate of drug-likeness (QED) is 0.596. The zero-order chi connectivity index (χ0) is 15.2. The second kappa shape index (κ2) is 6.90. The first-order chi connectivity index (χ1) is 10.1. The van der Waals surface area contributed by atoms with E-state index in [9.17, 15) is 9.59 Å². The first-order valence-corrected chi connectivity index (χ1v) is 6.85. The summed E-state index contributed by atoms with van der Waals surface area (Å²) in [4.78, 5) is 28.0. The maximum absolute atomic E-state index is 12.3. The van der Waals surface area contributed by atoms with Gasteiger partial charge in [0.15, 0.2) is 0 Å². The minimum absolute atomic E-state index is 0.305. The van der Waals surface area contributed by atoms with Crippen LogP contribution in [0.25, 0.3) is 0 Å². The van der Waals surface area contributed by atoms with E-state index in [4.69, 9.17) is 0 Å². The molecule has 0 aliphatic rings. The van der Waals surface area contributed by atoms with Crippen LogP contribution in [0.2, 0.25) is 0 Å². The van der Waals surface area contributed by atoms with Gasteiger partial charge in [0, 0.05) is 19.4 Å². The molecule has 0 aliphatic carbocycles. The molecule has 0 aliphatic heterocycles. The molecule has 1 unspecified atom stereocenters. The highest BCUT2D eigenvalue weighted by molar-refractivity contribution is 7.80. The first-order valence-electron chi connectivity index (χ1n) is 6.33. The number of aromatic nitrogens is 1. The fraction of sp³-hybridized carbons (Fsp3) is 0.133. The van der Waals surface area contributed by atoms with Gasteiger partial charge in [0.05, 0.1) is 16.5 Å². The Morgan fingerprint density at radius 1 is 1.05 bits per heavy atom. The second-order valence-electron chi connectivity index (χ2n) is 4.28. The van der Waals surface area contributed by atoms with Crippen molar-refractivity contribution in [1.29, 1.82) is 0 Å². The Balaban J connectivity index is 2.20. The van der Waals surface area contributed by atoms with E-state index in [-0.39, 0.29) is 11.8 Å². The molecule has 1 heterocycles. The lowest BCUT2D eigenvalue weighted by molar-refractivity contribution is 0.0922. The number of carbonyl (C=O) groups is 2. The monoisotopic (exact) mass is 301 g/mol. The van der Waals surface area contributed by atoms with Crippen molar-refractivity contribution >= 4 is 24.4 Å². The number of hydrogen-bond donors (Lipinski definition) is 3. The van der Waals surface area contributed by atoms with Gasteiger partial charge >= 0.3 is 0 Å². The molecule has 1 aromatic heterocycles. The summed E-state index contributed by atoms with van der Waals surface area (Å²) >= 11 is 4.36. The van der Waals surface area contributed by atoms with E-state index in [1.165, 1.54) is 7.05 Å². The summed E-state index contributed by atoms with van der Waals surface area (Å²) < 4.78 is 0. The summed E-state index contributed by atoms with van der Waals surface area (Å²) in [5.41, 5.74) is 1.46. The van der Waals surface area contributed by atoms with E-state index < -0.39 is 5.37 Å². The van der Waals surface area contributed by atoms with Crippen LogP contribution in [-0.2, 0) is 0 Å². The van der Waals surface area contributed by atoms with Gasteiger partial charge in [0.1, 0.15) is 0 Å². The van der Waals surface area contributed by atoms with Crippen molar-refractivity contribution in [2.75, 3.05) is 7.05 Å². The number of nitrogens with zero attached hydrogens (tertiary/aromatic N) is 1. The zero-order valence-corrected chi connectivity index (χ0v) is 12.3. The van der Waals surface area contributed by atoms with Crippen molar-refractivity contribution in [1.82, 2.24) is 15.6 Å². The number of amides is 2. The predicted molar refractivity (Wildman–Crippen MR) is 83.3 cm³/mol. The first kappa shape index (κ1) is 15.1. The smallest absolute Gasteiger partial charge is 0.253 e. The van der Waals surface area contributed by atoms with Crippen LogP contribution in [0.3, 0.4) is 0 Å². The van der Waals surface area contributed by atoms with E-state index >= 15 is 0 Å². The molecule has 1 atom stereocenters. The van der Waals surface area contributed by atoms with Crippen LogP contribution >= 0.6 is 12.6 Å². The Bertz CT molecular complexity index is 646. The molecule has 108 valence electrons. The zero-order valence-electron chi connectivity index (χ0n) is 11.4. The lowest BCUT2D eigenvalue weighted by Crippen LogP contribution is -2.29. The Kier molecular flexibility index (Phi) is 4.94. The Hall–Kier alpha value is -2.34. The number of nitrogens with one attached hydrogen (secondary N) is 2. The van der Waals surface area contributed by atoms with Crippen LogP contribution in [0.5, 0.6) is 0 Å². The normalized spacial score (nSPS) is 11.5. The van der Waals surface area contributed by atoms with Gasteiger partial charge in [-0.15, -0.1) is 12.6 Å². The fourth-order valence-corrected chi connectivity index (χ4v) is 2.13. The molecule has 2 aromatic rings. The maximum atomic E-state index is 12.3. The SMILES string of the molecule is CNC(=O)c1ccccc1C(=O)NC(S)c1ccncc1. The van der Waals surface area contributed by atoms with Gasteiger partial charge in [0.25, 0.3) is 11.8 Å². The fourth-order valence-electron chi connectivity index (χ4n) is 1.84. The molecule has 0 saturated carbocycles. The van der Waals surface area contributed by atoms with Crippen LogP contribution in [0.4, 0.5) is 0 Å². The Labute approximate surface area is 128 Å². The lowest BCUT2D eigenvalue weighted by Gasteiger charge is -2.14. The van der Waals surface area contributed by atoms with Crippen LogP contribution in [0, 0.1) is 0 Å².